The second-order valence-corrected chi connectivity index (χ2v) is 7.27. The smallest absolute Gasteiger partial charge is 0.0480 e. The summed E-state index contributed by atoms with van der Waals surface area (Å²) in [5, 5.41) is 0. The van der Waals surface area contributed by atoms with E-state index in [2.05, 4.69) is 9.80 Å². The summed E-state index contributed by atoms with van der Waals surface area (Å²) in [4.78, 5) is 5.38. The molecule has 19 heavy (non-hydrogen) atoms. The van der Waals surface area contributed by atoms with Crippen LogP contribution in [0.25, 0.3) is 0 Å². The van der Waals surface area contributed by atoms with Gasteiger partial charge in [-0.2, -0.15) is 0 Å². The molecular weight excluding hydrogens is 236 g/mol. The van der Waals surface area contributed by atoms with Gasteiger partial charge in [-0.1, -0.05) is 0 Å². The van der Waals surface area contributed by atoms with Crippen LogP contribution in [0.5, 0.6) is 0 Å². The Labute approximate surface area is 117 Å². The van der Waals surface area contributed by atoms with Crippen molar-refractivity contribution in [1.82, 2.24) is 9.80 Å². The van der Waals surface area contributed by atoms with E-state index in [1.165, 1.54) is 64.7 Å². The van der Waals surface area contributed by atoms with Gasteiger partial charge in [0.15, 0.2) is 0 Å². The molecule has 4 heterocycles. The third-order valence-electron chi connectivity index (χ3n) is 6.07. The summed E-state index contributed by atoms with van der Waals surface area (Å²) >= 11 is 0. The number of rotatable bonds is 6. The van der Waals surface area contributed by atoms with E-state index < -0.39 is 0 Å². The van der Waals surface area contributed by atoms with Gasteiger partial charge in [0, 0.05) is 38.4 Å². The Hall–Kier alpha value is -0.120. The molecule has 0 N–H and O–H groups in total. The topological polar surface area (TPSA) is 15.7 Å². The van der Waals surface area contributed by atoms with E-state index in [9.17, 15) is 0 Å². The van der Waals surface area contributed by atoms with Gasteiger partial charge in [0.05, 0.1) is 0 Å². The fourth-order valence-corrected chi connectivity index (χ4v) is 4.98. The van der Waals surface area contributed by atoms with Crippen molar-refractivity contribution in [2.45, 2.75) is 50.6 Å². The molecule has 4 aliphatic heterocycles. The van der Waals surface area contributed by atoms with Gasteiger partial charge in [0.2, 0.25) is 0 Å². The molecule has 4 aliphatic rings. The summed E-state index contributed by atoms with van der Waals surface area (Å²) in [6.07, 6.45) is 8.34. The van der Waals surface area contributed by atoms with E-state index in [1.807, 2.05) is 0 Å². The fraction of sp³-hybridized carbons (Fsp3) is 1.00. The van der Waals surface area contributed by atoms with Crippen molar-refractivity contribution in [3.05, 3.63) is 0 Å². The van der Waals surface area contributed by atoms with E-state index in [4.69, 9.17) is 4.74 Å². The molecule has 0 aromatic rings. The molecule has 0 amide bonds. The molecule has 0 aliphatic carbocycles. The average Bonchev–Trinajstić information content (AvgIpc) is 3.18. The van der Waals surface area contributed by atoms with Crippen LogP contribution in [0.2, 0.25) is 0 Å². The first-order valence-electron chi connectivity index (χ1n) is 8.44. The molecule has 4 fully saturated rings. The van der Waals surface area contributed by atoms with Gasteiger partial charge in [-0.05, 0) is 63.5 Å². The Morgan fingerprint density at radius 1 is 0.789 bits per heavy atom. The van der Waals surface area contributed by atoms with Crippen LogP contribution in [0.3, 0.4) is 0 Å². The van der Waals surface area contributed by atoms with Crippen LogP contribution in [-0.2, 0) is 4.74 Å². The van der Waals surface area contributed by atoms with E-state index in [0.29, 0.717) is 0 Å². The maximum atomic E-state index is 5.92. The largest absolute Gasteiger partial charge is 0.381 e. The Morgan fingerprint density at radius 2 is 1.32 bits per heavy atom. The minimum atomic E-state index is 0.852. The first kappa shape index (κ1) is 12.6. The van der Waals surface area contributed by atoms with E-state index >= 15 is 0 Å². The third-order valence-corrected chi connectivity index (χ3v) is 6.07. The van der Waals surface area contributed by atoms with Crippen LogP contribution in [0.1, 0.15) is 38.5 Å². The van der Waals surface area contributed by atoms with Crippen LogP contribution in [0.15, 0.2) is 0 Å². The standard InChI is InChI=1S/C16H28N2O/c1-5-17-11-13(1)9-15(17)3-7-19-8-4-16-10-14-2-6-18(16)12-14/h13-16H,1-12H2. The number of nitrogens with zero attached hydrogens (tertiary/aromatic N) is 2. The van der Waals surface area contributed by atoms with Crippen molar-refractivity contribution in [2.24, 2.45) is 11.8 Å². The first-order chi connectivity index (χ1) is 9.38. The van der Waals surface area contributed by atoms with Crippen LogP contribution >= 0.6 is 0 Å². The van der Waals surface area contributed by atoms with Crippen LogP contribution < -0.4 is 0 Å². The Morgan fingerprint density at radius 3 is 1.68 bits per heavy atom. The monoisotopic (exact) mass is 264 g/mol. The van der Waals surface area contributed by atoms with Gasteiger partial charge in [0.1, 0.15) is 0 Å². The molecule has 4 bridgehead atoms. The Balaban J connectivity index is 1.10. The van der Waals surface area contributed by atoms with Crippen molar-refractivity contribution in [3.8, 4) is 0 Å². The van der Waals surface area contributed by atoms with Gasteiger partial charge >= 0.3 is 0 Å². The number of hydrogen-bond donors (Lipinski definition) is 0. The highest BCUT2D eigenvalue weighted by Crippen LogP contribution is 2.35. The minimum absolute atomic E-state index is 0.852. The predicted octanol–water partition coefficient (Wildman–Crippen LogP) is 1.97. The van der Waals surface area contributed by atoms with Crippen molar-refractivity contribution in [1.29, 1.82) is 0 Å². The van der Waals surface area contributed by atoms with Crippen LogP contribution in [-0.4, -0.2) is 61.3 Å². The molecule has 0 aromatic heterocycles. The molecule has 0 aromatic carbocycles. The normalized spacial score (nSPS) is 47.4. The molecule has 4 saturated heterocycles. The fourth-order valence-electron chi connectivity index (χ4n) is 4.98. The molecule has 3 nitrogen and oxygen atoms in total. The van der Waals surface area contributed by atoms with Crippen LogP contribution in [0, 0.1) is 11.8 Å². The Kier molecular flexibility index (Phi) is 3.55. The summed E-state index contributed by atoms with van der Waals surface area (Å²) in [6.45, 7) is 7.45. The van der Waals surface area contributed by atoms with Crippen molar-refractivity contribution >= 4 is 0 Å². The van der Waals surface area contributed by atoms with Gasteiger partial charge in [-0.25, -0.2) is 0 Å². The van der Waals surface area contributed by atoms with Gasteiger partial charge in [-0.3, -0.25) is 0 Å². The molecule has 0 radical (unpaired) electrons. The number of piperidine rings is 2. The van der Waals surface area contributed by atoms with Crippen molar-refractivity contribution in [2.75, 3.05) is 39.4 Å². The number of fused-ring (bicyclic) bond motifs is 4. The van der Waals surface area contributed by atoms with Crippen molar-refractivity contribution in [3.63, 3.8) is 0 Å². The second-order valence-electron chi connectivity index (χ2n) is 7.27. The second kappa shape index (κ2) is 5.34. The molecule has 3 heteroatoms. The minimum Gasteiger partial charge on any atom is -0.381 e. The number of hydrogen-bond acceptors (Lipinski definition) is 3. The molecule has 6 unspecified atom stereocenters. The zero-order valence-electron chi connectivity index (χ0n) is 12.1. The van der Waals surface area contributed by atoms with E-state index in [0.717, 1.165) is 37.1 Å². The molecular formula is C16H28N2O. The summed E-state index contributed by atoms with van der Waals surface area (Å²) in [5.41, 5.74) is 0. The molecule has 0 saturated carbocycles. The highest BCUT2D eigenvalue weighted by Gasteiger charge is 2.37. The highest BCUT2D eigenvalue weighted by molar-refractivity contribution is 4.92. The quantitative estimate of drug-likeness (QED) is 0.682. The van der Waals surface area contributed by atoms with Gasteiger partial charge < -0.3 is 14.5 Å². The zero-order chi connectivity index (χ0) is 12.7. The SMILES string of the molecule is C(CC1CC2CCN1C2)OCCC1CC2CCN1C2. The lowest BCUT2D eigenvalue weighted by Crippen LogP contribution is -2.31. The first-order valence-corrected chi connectivity index (χ1v) is 8.44. The van der Waals surface area contributed by atoms with Crippen LogP contribution in [0.4, 0.5) is 0 Å². The molecule has 4 rings (SSSR count). The lowest BCUT2D eigenvalue weighted by Gasteiger charge is -2.26. The Bertz CT molecular complexity index is 292. The summed E-state index contributed by atoms with van der Waals surface area (Å²) < 4.78 is 5.92. The zero-order valence-corrected chi connectivity index (χ0v) is 12.1. The molecule has 108 valence electrons. The van der Waals surface area contributed by atoms with Gasteiger partial charge in [-0.15, -0.1) is 0 Å². The van der Waals surface area contributed by atoms with E-state index in [1.54, 1.807) is 0 Å². The maximum absolute atomic E-state index is 5.92. The number of ether oxygens (including phenoxy) is 1. The molecule has 6 atom stereocenters. The maximum Gasteiger partial charge on any atom is 0.0480 e. The molecule has 0 spiro atoms. The lowest BCUT2D eigenvalue weighted by molar-refractivity contribution is 0.0888. The highest BCUT2D eigenvalue weighted by atomic mass is 16.5. The summed E-state index contributed by atoms with van der Waals surface area (Å²) in [5.74, 6) is 2.04. The predicted molar refractivity (Wildman–Crippen MR) is 76.2 cm³/mol. The summed E-state index contributed by atoms with van der Waals surface area (Å²) in [6, 6.07) is 1.70. The average molecular weight is 264 g/mol. The summed E-state index contributed by atoms with van der Waals surface area (Å²) in [7, 11) is 0. The van der Waals surface area contributed by atoms with Crippen molar-refractivity contribution < 1.29 is 4.74 Å². The van der Waals surface area contributed by atoms with Gasteiger partial charge in [0.25, 0.3) is 0 Å². The third kappa shape index (κ3) is 2.57. The lowest BCUT2D eigenvalue weighted by atomic mass is 9.98. The van der Waals surface area contributed by atoms with E-state index in [-0.39, 0.29) is 0 Å².